The van der Waals surface area contributed by atoms with Crippen molar-refractivity contribution >= 4 is 23.7 Å². The Bertz CT molecular complexity index is 6.00. The van der Waals surface area contributed by atoms with Gasteiger partial charge in [0, 0.05) is 0 Å². The standard InChI is InChI=1S/2O.Te.Zn/q2*-2;2*+2. The van der Waals surface area contributed by atoms with Crippen LogP contribution in [0.5, 0.6) is 0 Å². The Hall–Kier alpha value is 1.33. The van der Waals surface area contributed by atoms with Gasteiger partial charge in [-0.1, -0.05) is 0 Å². The average molecular weight is 225 g/mol. The van der Waals surface area contributed by atoms with Crippen LogP contribution in [0.2, 0.25) is 0 Å². The predicted octanol–water partition coefficient (Wildman–Crippen LogP) is -0.621. The van der Waals surface area contributed by atoms with Crippen molar-refractivity contribution in [3.63, 3.8) is 0 Å². The van der Waals surface area contributed by atoms with Gasteiger partial charge in [-0.2, -0.15) is 0 Å². The molecule has 0 unspecified atom stereocenters. The van der Waals surface area contributed by atoms with Crippen molar-refractivity contribution in [3.8, 4) is 0 Å². The van der Waals surface area contributed by atoms with E-state index in [1.165, 1.54) is 0 Å². The topological polar surface area (TPSA) is 57.0 Å². The summed E-state index contributed by atoms with van der Waals surface area (Å²) in [6.07, 6.45) is 0. The van der Waals surface area contributed by atoms with Crippen molar-refractivity contribution in [1.82, 2.24) is 0 Å². The van der Waals surface area contributed by atoms with Crippen LogP contribution in [-0.2, 0) is 30.4 Å². The summed E-state index contributed by atoms with van der Waals surface area (Å²) < 4.78 is 0. The molecule has 0 fully saturated rings. The maximum atomic E-state index is 0. The molecule has 0 N–H and O–H groups in total. The number of rotatable bonds is 0. The Balaban J connectivity index is 0. The van der Waals surface area contributed by atoms with Gasteiger partial charge in [0.15, 0.2) is 0 Å². The zero-order valence-corrected chi connectivity index (χ0v) is 7.23. The molecular weight excluding hydrogens is 225 g/mol. The maximum Gasteiger partial charge on any atom is 2.00 e. The molecule has 0 atom stereocenters. The van der Waals surface area contributed by atoms with Crippen LogP contribution in [0.3, 0.4) is 0 Å². The van der Waals surface area contributed by atoms with Crippen LogP contribution in [0, 0.1) is 0 Å². The minimum Gasteiger partial charge on any atom is -2.00 e. The summed E-state index contributed by atoms with van der Waals surface area (Å²) in [5.74, 6) is 0. The third-order valence-corrected chi connectivity index (χ3v) is 0. The predicted molar refractivity (Wildman–Crippen MR) is 7.13 cm³/mol. The van der Waals surface area contributed by atoms with Crippen molar-refractivity contribution in [1.29, 1.82) is 0 Å². The smallest absolute Gasteiger partial charge is 2.00 e. The van der Waals surface area contributed by atoms with E-state index in [4.69, 9.17) is 0 Å². The normalized spacial score (nSPS) is 0. The van der Waals surface area contributed by atoms with E-state index in [2.05, 4.69) is 0 Å². The molecule has 0 rings (SSSR count). The van der Waals surface area contributed by atoms with Crippen LogP contribution < -0.4 is 0 Å². The second kappa shape index (κ2) is 27.1. The van der Waals surface area contributed by atoms with Gasteiger partial charge in [0.1, 0.15) is 0 Å². The first kappa shape index (κ1) is 56.3. The molecule has 0 amide bonds. The number of hydrogen-bond donors (Lipinski definition) is 0. The van der Waals surface area contributed by atoms with E-state index in [1.54, 1.807) is 0 Å². The second-order valence-electron chi connectivity index (χ2n) is 0. The minimum absolute atomic E-state index is 0. The molecule has 4 heavy (non-hydrogen) atoms. The Morgan fingerprint density at radius 1 is 0.750 bits per heavy atom. The van der Waals surface area contributed by atoms with Gasteiger partial charge in [0.05, 0.1) is 0 Å². The van der Waals surface area contributed by atoms with Crippen LogP contribution in [0.4, 0.5) is 0 Å². The van der Waals surface area contributed by atoms with Crippen molar-refractivity contribution in [2.24, 2.45) is 0 Å². The number of hydrogen-bond acceptors (Lipinski definition) is 0. The van der Waals surface area contributed by atoms with E-state index in [-0.39, 0.29) is 54.1 Å². The molecule has 20 valence electrons. The summed E-state index contributed by atoms with van der Waals surface area (Å²) in [4.78, 5) is 0. The molecule has 0 spiro atoms. The van der Waals surface area contributed by atoms with E-state index in [1.807, 2.05) is 0 Å². The molecule has 0 bridgehead atoms. The monoisotopic (exact) mass is 226 g/mol. The summed E-state index contributed by atoms with van der Waals surface area (Å²) in [6.45, 7) is 0. The van der Waals surface area contributed by atoms with Gasteiger partial charge >= 0.3 is 43.1 Å². The molecule has 0 aliphatic carbocycles. The largest absolute Gasteiger partial charge is 2.00 e. The zero-order chi connectivity index (χ0) is 0. The van der Waals surface area contributed by atoms with E-state index in [9.17, 15) is 0 Å². The fraction of sp³-hybridized carbons (Fsp3) is 0. The van der Waals surface area contributed by atoms with Crippen LogP contribution in [0.25, 0.3) is 0 Å². The Morgan fingerprint density at radius 2 is 0.750 bits per heavy atom. The molecular formula is O2TeZn. The van der Waals surface area contributed by atoms with Crippen molar-refractivity contribution in [2.45, 2.75) is 0 Å². The van der Waals surface area contributed by atoms with E-state index >= 15 is 0 Å². The molecule has 4 heteroatoms. The summed E-state index contributed by atoms with van der Waals surface area (Å²) in [7, 11) is 0. The van der Waals surface area contributed by atoms with Crippen LogP contribution >= 0.6 is 0 Å². The van der Waals surface area contributed by atoms with Crippen LogP contribution in [0.1, 0.15) is 0 Å². The van der Waals surface area contributed by atoms with E-state index in [0.717, 1.165) is 0 Å². The molecule has 0 aromatic carbocycles. The zero-order valence-electron chi connectivity index (χ0n) is 1.93. The Morgan fingerprint density at radius 3 is 0.750 bits per heavy atom. The van der Waals surface area contributed by atoms with Gasteiger partial charge < -0.3 is 11.0 Å². The molecule has 2 nitrogen and oxygen atoms in total. The molecule has 0 saturated carbocycles. The van der Waals surface area contributed by atoms with E-state index in [0.29, 0.717) is 0 Å². The van der Waals surface area contributed by atoms with Crippen molar-refractivity contribution < 1.29 is 30.4 Å². The summed E-state index contributed by atoms with van der Waals surface area (Å²) in [6, 6.07) is 0. The third kappa shape index (κ3) is 10.2. The SMILES string of the molecule is [O-2].[O-2].[Te+2].[Zn+2]. The molecule has 0 heterocycles. The first-order valence-electron chi connectivity index (χ1n) is 0. The van der Waals surface area contributed by atoms with Gasteiger partial charge in [0.25, 0.3) is 0 Å². The summed E-state index contributed by atoms with van der Waals surface area (Å²) in [5.41, 5.74) is 0. The minimum atomic E-state index is 0. The van der Waals surface area contributed by atoms with Gasteiger partial charge in [-0.3, -0.25) is 0 Å². The molecule has 4 radical (unpaired) electrons. The fourth-order valence-electron chi connectivity index (χ4n) is 0. The first-order chi connectivity index (χ1) is 0. The molecule has 0 aliphatic heterocycles. The van der Waals surface area contributed by atoms with Crippen molar-refractivity contribution in [3.05, 3.63) is 0 Å². The van der Waals surface area contributed by atoms with Crippen LogP contribution in [-0.4, -0.2) is 23.7 Å². The summed E-state index contributed by atoms with van der Waals surface area (Å²) in [5, 5.41) is 0. The second-order valence-corrected chi connectivity index (χ2v) is 0. The summed E-state index contributed by atoms with van der Waals surface area (Å²) >= 11 is 0. The van der Waals surface area contributed by atoms with Gasteiger partial charge in [-0.25, -0.2) is 0 Å². The molecule has 0 saturated heterocycles. The van der Waals surface area contributed by atoms with E-state index < -0.39 is 0 Å². The van der Waals surface area contributed by atoms with Gasteiger partial charge in [-0.15, -0.1) is 0 Å². The fourth-order valence-corrected chi connectivity index (χ4v) is 0. The van der Waals surface area contributed by atoms with Gasteiger partial charge in [-0.05, 0) is 0 Å². The van der Waals surface area contributed by atoms with Crippen LogP contribution in [0.15, 0.2) is 0 Å². The third-order valence-electron chi connectivity index (χ3n) is 0. The Labute approximate surface area is 54.1 Å². The quantitative estimate of drug-likeness (QED) is 0.493. The Kier molecular flexibility index (Phi) is 382. The molecule has 0 aromatic rings. The molecule has 0 aromatic heterocycles. The van der Waals surface area contributed by atoms with Gasteiger partial charge in [0.2, 0.25) is 0 Å². The molecule has 0 aliphatic rings. The maximum absolute atomic E-state index is 0. The first-order valence-corrected chi connectivity index (χ1v) is 0. The van der Waals surface area contributed by atoms with Crippen molar-refractivity contribution in [2.75, 3.05) is 0 Å². The average Bonchev–Trinajstić information content (AvgIpc) is 0.